The molecule has 0 aliphatic carbocycles. The van der Waals surface area contributed by atoms with Gasteiger partial charge in [0.25, 0.3) is 0 Å². The first-order valence-corrected chi connectivity index (χ1v) is 20.0. The largest absolute Gasteiger partial charge is 0.375 e. The summed E-state index contributed by atoms with van der Waals surface area (Å²) in [5, 5.41) is 0. The zero-order valence-corrected chi connectivity index (χ0v) is 32.1. The van der Waals surface area contributed by atoms with Gasteiger partial charge in [0.2, 0.25) is 0 Å². The quantitative estimate of drug-likeness (QED) is 0.0739. The Bertz CT molecular complexity index is 516. The Morgan fingerprint density at radius 3 is 0.907 bits per heavy atom. The van der Waals surface area contributed by atoms with Crippen molar-refractivity contribution < 1.29 is 4.74 Å². The van der Waals surface area contributed by atoms with Crippen molar-refractivity contribution in [2.75, 3.05) is 0 Å². The highest BCUT2D eigenvalue weighted by Crippen LogP contribution is 2.32. The lowest BCUT2D eigenvalue weighted by atomic mass is 9.82. The summed E-state index contributed by atoms with van der Waals surface area (Å²) in [6, 6.07) is 0. The van der Waals surface area contributed by atoms with E-state index in [4.69, 9.17) is 4.74 Å². The summed E-state index contributed by atoms with van der Waals surface area (Å²) in [5.41, 5.74) is 0.801. The molecule has 0 radical (unpaired) electrons. The molecule has 0 aromatic rings. The molecule has 0 aliphatic heterocycles. The van der Waals surface area contributed by atoms with Crippen molar-refractivity contribution in [1.82, 2.24) is 0 Å². The zero-order chi connectivity index (χ0) is 32.4. The molecule has 43 heavy (non-hydrogen) atoms. The van der Waals surface area contributed by atoms with Crippen LogP contribution >= 0.6 is 0 Å². The van der Waals surface area contributed by atoms with E-state index in [0.717, 1.165) is 11.8 Å². The monoisotopic (exact) mass is 607 g/mol. The van der Waals surface area contributed by atoms with Gasteiger partial charge in [-0.2, -0.15) is 0 Å². The smallest absolute Gasteiger partial charge is 0.0581 e. The first kappa shape index (κ1) is 43.0. The zero-order valence-electron chi connectivity index (χ0n) is 32.1. The maximum Gasteiger partial charge on any atom is 0.0581 e. The topological polar surface area (TPSA) is 9.23 Å². The lowest BCUT2D eigenvalue weighted by Gasteiger charge is -2.32. The van der Waals surface area contributed by atoms with E-state index in [9.17, 15) is 0 Å². The Balaban J connectivity index is 4.92. The van der Waals surface area contributed by atoms with E-state index in [1.54, 1.807) is 0 Å². The van der Waals surface area contributed by atoms with Crippen LogP contribution in [0.25, 0.3) is 0 Å². The van der Waals surface area contributed by atoms with E-state index in [2.05, 4.69) is 69.2 Å². The molecule has 4 atom stereocenters. The lowest BCUT2D eigenvalue weighted by molar-refractivity contribution is -0.0459. The molecule has 0 bridgehead atoms. The maximum atomic E-state index is 7.19. The van der Waals surface area contributed by atoms with Crippen LogP contribution in [-0.4, -0.2) is 12.2 Å². The van der Waals surface area contributed by atoms with E-state index in [1.807, 2.05) is 0 Å². The molecule has 0 saturated heterocycles. The molecule has 4 unspecified atom stereocenters. The molecule has 0 fully saturated rings. The second-order valence-electron chi connectivity index (χ2n) is 17.5. The summed E-state index contributed by atoms with van der Waals surface area (Å²) in [6.07, 6.45) is 36.8. The van der Waals surface area contributed by atoms with Crippen LogP contribution in [0.3, 0.4) is 0 Å². The van der Waals surface area contributed by atoms with Crippen LogP contribution in [0.15, 0.2) is 0 Å². The molecule has 0 aromatic heterocycles. The Kier molecular flexibility index (Phi) is 27.1. The van der Waals surface area contributed by atoms with Gasteiger partial charge >= 0.3 is 0 Å². The van der Waals surface area contributed by atoms with Gasteiger partial charge in [-0.3, -0.25) is 0 Å². The average Bonchev–Trinajstić information content (AvgIpc) is 2.88. The van der Waals surface area contributed by atoms with E-state index < -0.39 is 0 Å². The fraction of sp³-hybridized carbons (Fsp3) is 1.00. The summed E-state index contributed by atoms with van der Waals surface area (Å²) >= 11 is 0. The van der Waals surface area contributed by atoms with Crippen LogP contribution in [0.1, 0.15) is 236 Å². The summed E-state index contributed by atoms with van der Waals surface area (Å²) < 4.78 is 7.19. The highest BCUT2D eigenvalue weighted by Gasteiger charge is 2.25. The van der Waals surface area contributed by atoms with Gasteiger partial charge in [0.05, 0.1) is 12.2 Å². The second-order valence-corrected chi connectivity index (χ2v) is 17.5. The molecule has 0 amide bonds. The van der Waals surface area contributed by atoms with E-state index >= 15 is 0 Å². The highest BCUT2D eigenvalue weighted by molar-refractivity contribution is 4.75. The molecule has 0 N–H and O–H groups in total. The van der Waals surface area contributed by atoms with E-state index in [0.29, 0.717) is 23.0 Å². The Morgan fingerprint density at radius 1 is 0.395 bits per heavy atom. The van der Waals surface area contributed by atoms with E-state index in [1.165, 1.54) is 167 Å². The highest BCUT2D eigenvalue weighted by atomic mass is 16.5. The minimum atomic E-state index is 0.401. The van der Waals surface area contributed by atoms with Crippen molar-refractivity contribution in [3.8, 4) is 0 Å². The number of hydrogen-bond acceptors (Lipinski definition) is 1. The van der Waals surface area contributed by atoms with Crippen LogP contribution in [-0.2, 0) is 4.74 Å². The molecule has 0 aromatic carbocycles. The van der Waals surface area contributed by atoms with Gasteiger partial charge in [0.15, 0.2) is 0 Å². The molecule has 0 spiro atoms. The van der Waals surface area contributed by atoms with Crippen molar-refractivity contribution in [3.05, 3.63) is 0 Å². The second kappa shape index (κ2) is 27.1. The predicted molar refractivity (Wildman–Crippen MR) is 197 cm³/mol. The SMILES string of the molecule is CCCCCCCCCCCCC(CC(C)CC(C)(C)C)OC(CCCCCCCCCCCC)CC(C)CC(C)(C)C. The molecule has 0 aliphatic rings. The molecule has 1 nitrogen and oxygen atoms in total. The molecular formula is C42H86O. The van der Waals surface area contributed by atoms with E-state index in [-0.39, 0.29) is 0 Å². The van der Waals surface area contributed by atoms with Gasteiger partial charge in [-0.1, -0.05) is 198 Å². The van der Waals surface area contributed by atoms with Crippen LogP contribution in [0, 0.1) is 22.7 Å². The van der Waals surface area contributed by atoms with Crippen molar-refractivity contribution in [3.63, 3.8) is 0 Å². The van der Waals surface area contributed by atoms with Gasteiger partial charge in [-0.05, 0) is 61.2 Å². The Morgan fingerprint density at radius 2 is 0.651 bits per heavy atom. The third kappa shape index (κ3) is 31.7. The summed E-state index contributed by atoms with van der Waals surface area (Å²) in [5.74, 6) is 1.47. The van der Waals surface area contributed by atoms with Crippen LogP contribution in [0.4, 0.5) is 0 Å². The Labute approximate surface area is 275 Å². The number of rotatable bonds is 30. The summed E-state index contributed by atoms with van der Waals surface area (Å²) in [7, 11) is 0. The average molecular weight is 607 g/mol. The minimum Gasteiger partial charge on any atom is -0.375 e. The van der Waals surface area contributed by atoms with Crippen molar-refractivity contribution in [1.29, 1.82) is 0 Å². The molecule has 260 valence electrons. The molecule has 0 rings (SSSR count). The molecule has 1 heteroatoms. The lowest BCUT2D eigenvalue weighted by Crippen LogP contribution is -2.27. The maximum absolute atomic E-state index is 7.19. The predicted octanol–water partition coefficient (Wildman–Crippen LogP) is 15.3. The third-order valence-corrected chi connectivity index (χ3v) is 9.40. The minimum absolute atomic E-state index is 0.401. The van der Waals surface area contributed by atoms with Gasteiger partial charge in [0, 0.05) is 0 Å². The van der Waals surface area contributed by atoms with Gasteiger partial charge in [0.1, 0.15) is 0 Å². The number of unbranched alkanes of at least 4 members (excludes halogenated alkanes) is 18. The first-order chi connectivity index (χ1) is 20.4. The van der Waals surface area contributed by atoms with Gasteiger partial charge in [-0.25, -0.2) is 0 Å². The van der Waals surface area contributed by atoms with Crippen molar-refractivity contribution in [2.45, 2.75) is 248 Å². The molecule has 0 heterocycles. The summed E-state index contributed by atoms with van der Waals surface area (Å²) in [4.78, 5) is 0. The summed E-state index contributed by atoms with van der Waals surface area (Å²) in [6.45, 7) is 24.0. The third-order valence-electron chi connectivity index (χ3n) is 9.40. The first-order valence-electron chi connectivity index (χ1n) is 20.0. The number of hydrogen-bond donors (Lipinski definition) is 0. The van der Waals surface area contributed by atoms with Gasteiger partial charge < -0.3 is 4.74 Å². The Hall–Kier alpha value is -0.0400. The fourth-order valence-corrected chi connectivity index (χ4v) is 7.63. The van der Waals surface area contributed by atoms with Crippen molar-refractivity contribution >= 4 is 0 Å². The molecule has 0 saturated carbocycles. The standard InChI is InChI=1S/C42H86O/c1-11-13-15-17-19-21-23-25-27-29-31-39(33-37(3)35-41(5,6)7)43-40(34-38(4)36-42(8,9)10)32-30-28-26-24-22-20-18-16-14-12-2/h37-40H,11-36H2,1-10H3. The van der Waals surface area contributed by atoms with Crippen molar-refractivity contribution in [2.24, 2.45) is 22.7 Å². The van der Waals surface area contributed by atoms with Gasteiger partial charge in [-0.15, -0.1) is 0 Å². The molecular weight excluding hydrogens is 520 g/mol. The van der Waals surface area contributed by atoms with Crippen LogP contribution < -0.4 is 0 Å². The normalized spacial score (nSPS) is 15.5. The number of ether oxygens (including phenoxy) is 1. The van der Waals surface area contributed by atoms with Crippen LogP contribution in [0.2, 0.25) is 0 Å². The fourth-order valence-electron chi connectivity index (χ4n) is 7.63. The van der Waals surface area contributed by atoms with Crippen LogP contribution in [0.5, 0.6) is 0 Å².